The second kappa shape index (κ2) is 14.3. The van der Waals surface area contributed by atoms with Gasteiger partial charge in [0.1, 0.15) is 35.6 Å². The quantitative estimate of drug-likeness (QED) is 0.166. The van der Waals surface area contributed by atoms with Gasteiger partial charge in [0.15, 0.2) is 0 Å². The van der Waals surface area contributed by atoms with Crippen LogP contribution < -0.4 is 4.74 Å². The number of fused-ring (bicyclic) bond motifs is 3. The smallest absolute Gasteiger partial charge is 0.410 e. The number of carbonyl (C=O) groups excluding carboxylic acids is 3. The predicted octanol–water partition coefficient (Wildman–Crippen LogP) is 7.54. The molecule has 254 valence electrons. The highest BCUT2D eigenvalue weighted by Gasteiger charge is 2.42. The van der Waals surface area contributed by atoms with Gasteiger partial charge in [0, 0.05) is 25.4 Å². The van der Waals surface area contributed by atoms with E-state index in [1.54, 1.807) is 26.8 Å². The van der Waals surface area contributed by atoms with Crippen molar-refractivity contribution in [3.63, 3.8) is 0 Å². The molecule has 8 nitrogen and oxygen atoms in total. The number of ether oxygens (including phenoxy) is 3. The van der Waals surface area contributed by atoms with Gasteiger partial charge in [0.2, 0.25) is 5.91 Å². The first kappa shape index (κ1) is 34.7. The van der Waals surface area contributed by atoms with Crippen molar-refractivity contribution in [2.45, 2.75) is 90.0 Å². The molecule has 0 spiro atoms. The van der Waals surface area contributed by atoms with Crippen LogP contribution in [0.4, 0.5) is 4.79 Å². The normalized spacial score (nSPS) is 16.5. The lowest BCUT2D eigenvalue weighted by Crippen LogP contribution is -2.55. The number of carbonyl (C=O) groups is 3. The number of likely N-dealkylation sites (tertiary alicyclic amines) is 1. The minimum Gasteiger partial charge on any atom is -0.488 e. The molecule has 0 radical (unpaired) electrons. The lowest BCUT2D eigenvalue weighted by Gasteiger charge is -2.35. The maximum atomic E-state index is 14.4. The zero-order valence-electron chi connectivity index (χ0n) is 29.0. The van der Waals surface area contributed by atoms with Crippen LogP contribution in [0, 0.1) is 0 Å². The average molecular weight is 653 g/mol. The molecule has 2 atom stereocenters. The van der Waals surface area contributed by atoms with Crippen LogP contribution in [0.15, 0.2) is 85.5 Å². The maximum absolute atomic E-state index is 14.4. The summed E-state index contributed by atoms with van der Waals surface area (Å²) in [6.07, 6.45) is 2.41. The highest BCUT2D eigenvalue weighted by Crippen LogP contribution is 2.44. The third-order valence-corrected chi connectivity index (χ3v) is 8.55. The fraction of sp³-hybridized carbons (Fsp3) is 0.425. The van der Waals surface area contributed by atoms with Crippen LogP contribution in [-0.2, 0) is 25.5 Å². The average Bonchev–Trinajstić information content (AvgIpc) is 3.64. The van der Waals surface area contributed by atoms with E-state index in [0.29, 0.717) is 25.1 Å². The molecule has 2 aliphatic rings. The number of amides is 2. The van der Waals surface area contributed by atoms with Crippen LogP contribution in [0.3, 0.4) is 0 Å². The van der Waals surface area contributed by atoms with Crippen LogP contribution in [0.1, 0.15) is 77.0 Å². The van der Waals surface area contributed by atoms with Gasteiger partial charge >= 0.3 is 12.1 Å². The first-order valence-corrected chi connectivity index (χ1v) is 16.8. The molecule has 1 fully saturated rings. The molecule has 8 heteroatoms. The first-order chi connectivity index (χ1) is 22.8. The Labute approximate surface area is 284 Å². The fourth-order valence-electron chi connectivity index (χ4n) is 6.58. The van der Waals surface area contributed by atoms with Gasteiger partial charge in [0.25, 0.3) is 0 Å². The van der Waals surface area contributed by atoms with Gasteiger partial charge in [-0.1, -0.05) is 66.7 Å². The molecular weight excluding hydrogens is 604 g/mol. The summed E-state index contributed by atoms with van der Waals surface area (Å²) in [5, 5.41) is 0. The second-order valence-corrected chi connectivity index (χ2v) is 14.5. The minimum atomic E-state index is -0.936. The Hall–Kier alpha value is -4.59. The summed E-state index contributed by atoms with van der Waals surface area (Å²) in [6, 6.07) is 22.2. The summed E-state index contributed by atoms with van der Waals surface area (Å²) in [6.45, 7) is 15.9. The van der Waals surface area contributed by atoms with Crippen molar-refractivity contribution < 1.29 is 28.6 Å². The van der Waals surface area contributed by atoms with E-state index in [-0.39, 0.29) is 37.0 Å². The zero-order chi connectivity index (χ0) is 34.6. The molecular formula is C40H48N2O6. The molecule has 0 N–H and O–H groups in total. The minimum absolute atomic E-state index is 0.0906. The SMILES string of the molecule is C=CCN(C(=O)[C@@H]1CCCN1C(=O)OCC1c2ccccc2-c2ccccc21)[C@@H](Cc1ccc(OC(C)(C)C)cc1)C(=O)OC(C)(C)C. The Kier molecular flexibility index (Phi) is 10.3. The molecule has 48 heavy (non-hydrogen) atoms. The molecule has 0 aromatic heterocycles. The third-order valence-electron chi connectivity index (χ3n) is 8.55. The van der Waals surface area contributed by atoms with Crippen molar-refractivity contribution in [2.24, 2.45) is 0 Å². The maximum Gasteiger partial charge on any atom is 0.410 e. The molecule has 1 saturated heterocycles. The van der Waals surface area contributed by atoms with Crippen LogP contribution in [0.5, 0.6) is 5.75 Å². The highest BCUT2D eigenvalue weighted by atomic mass is 16.6. The zero-order valence-corrected chi connectivity index (χ0v) is 29.0. The molecule has 3 aromatic carbocycles. The van der Waals surface area contributed by atoms with Gasteiger partial charge in [-0.3, -0.25) is 9.69 Å². The summed E-state index contributed by atoms with van der Waals surface area (Å²) in [5.41, 5.74) is 4.26. The van der Waals surface area contributed by atoms with Crippen LogP contribution in [0.2, 0.25) is 0 Å². The molecule has 5 rings (SSSR count). The van der Waals surface area contributed by atoms with Gasteiger partial charge < -0.3 is 19.1 Å². The number of benzene rings is 3. The lowest BCUT2D eigenvalue weighted by molar-refractivity contribution is -0.165. The van der Waals surface area contributed by atoms with Crippen molar-refractivity contribution in [1.29, 1.82) is 0 Å². The van der Waals surface area contributed by atoms with Gasteiger partial charge in [0.05, 0.1) is 0 Å². The van der Waals surface area contributed by atoms with E-state index < -0.39 is 29.7 Å². The molecule has 3 aromatic rings. The van der Waals surface area contributed by atoms with Crippen molar-refractivity contribution in [3.05, 3.63) is 102 Å². The topological polar surface area (TPSA) is 85.4 Å². The van der Waals surface area contributed by atoms with E-state index in [1.165, 1.54) is 9.80 Å². The van der Waals surface area contributed by atoms with Crippen molar-refractivity contribution in [2.75, 3.05) is 19.7 Å². The molecule has 0 unspecified atom stereocenters. The Morgan fingerprint density at radius 1 is 0.896 bits per heavy atom. The van der Waals surface area contributed by atoms with Crippen molar-refractivity contribution >= 4 is 18.0 Å². The second-order valence-electron chi connectivity index (χ2n) is 14.5. The van der Waals surface area contributed by atoms with E-state index in [2.05, 4.69) is 30.8 Å². The summed E-state index contributed by atoms with van der Waals surface area (Å²) >= 11 is 0. The number of hydrogen-bond acceptors (Lipinski definition) is 6. The van der Waals surface area contributed by atoms with Gasteiger partial charge in [-0.15, -0.1) is 6.58 Å². The van der Waals surface area contributed by atoms with E-state index in [4.69, 9.17) is 14.2 Å². The standard InChI is InChI=1S/C40H48N2O6/c1-8-23-41(35(37(44)48-40(5,6)7)25-27-19-21-28(22-20-27)47-39(2,3)4)36(43)34-18-13-24-42(34)38(45)46-26-33-31-16-11-9-14-29(31)30-15-10-12-17-32(30)33/h8-12,14-17,19-22,33-35H,1,13,18,23-26H2,2-7H3/t34-,35-/m0/s1. The molecule has 0 saturated carbocycles. The van der Waals surface area contributed by atoms with Crippen molar-refractivity contribution in [1.82, 2.24) is 9.80 Å². The van der Waals surface area contributed by atoms with Gasteiger partial charge in [-0.2, -0.15) is 0 Å². The number of nitrogens with zero attached hydrogens (tertiary/aromatic N) is 2. The number of esters is 1. The number of hydrogen-bond donors (Lipinski definition) is 0. The van der Waals surface area contributed by atoms with E-state index in [0.717, 1.165) is 27.8 Å². The lowest BCUT2D eigenvalue weighted by atomic mass is 9.98. The van der Waals surface area contributed by atoms with Crippen LogP contribution in [0.25, 0.3) is 11.1 Å². The van der Waals surface area contributed by atoms with E-state index in [9.17, 15) is 14.4 Å². The third kappa shape index (κ3) is 8.09. The molecule has 1 heterocycles. The van der Waals surface area contributed by atoms with E-state index in [1.807, 2.05) is 69.3 Å². The number of rotatable bonds is 10. The highest BCUT2D eigenvalue weighted by molar-refractivity contribution is 5.90. The Balaban J connectivity index is 1.34. The summed E-state index contributed by atoms with van der Waals surface area (Å²) in [5.74, 6) is -0.223. The summed E-state index contributed by atoms with van der Waals surface area (Å²) < 4.78 is 17.8. The van der Waals surface area contributed by atoms with Crippen molar-refractivity contribution in [3.8, 4) is 16.9 Å². The molecule has 0 bridgehead atoms. The van der Waals surface area contributed by atoms with Crippen LogP contribution in [-0.4, -0.2) is 70.8 Å². The van der Waals surface area contributed by atoms with Crippen LogP contribution >= 0.6 is 0 Å². The summed E-state index contributed by atoms with van der Waals surface area (Å²) in [4.78, 5) is 44.7. The Bertz CT molecular complexity index is 1590. The van der Waals surface area contributed by atoms with E-state index >= 15 is 0 Å². The van der Waals surface area contributed by atoms with Gasteiger partial charge in [-0.05, 0) is 94.3 Å². The molecule has 1 aliphatic heterocycles. The molecule has 1 aliphatic carbocycles. The monoisotopic (exact) mass is 652 g/mol. The Morgan fingerprint density at radius 3 is 2.06 bits per heavy atom. The fourth-order valence-corrected chi connectivity index (χ4v) is 6.58. The summed E-state index contributed by atoms with van der Waals surface area (Å²) in [7, 11) is 0. The molecule has 2 amide bonds. The first-order valence-electron chi connectivity index (χ1n) is 16.8. The van der Waals surface area contributed by atoms with Gasteiger partial charge in [-0.25, -0.2) is 9.59 Å². The Morgan fingerprint density at radius 2 is 1.50 bits per heavy atom. The predicted molar refractivity (Wildman–Crippen MR) is 187 cm³/mol. The largest absolute Gasteiger partial charge is 0.488 e.